The van der Waals surface area contributed by atoms with E-state index in [1.165, 1.54) is 0 Å². The number of primary sulfonamides is 1. The van der Waals surface area contributed by atoms with Gasteiger partial charge in [0.25, 0.3) is 0 Å². The summed E-state index contributed by atoms with van der Waals surface area (Å²) in [6, 6.07) is 0.322. The second-order valence-electron chi connectivity index (χ2n) is 3.15. The Hall–Kier alpha value is -1.68. The first-order valence-electron chi connectivity index (χ1n) is 4.12. The fraction of sp³-hybridized carbons (Fsp3) is 0.125. The van der Waals surface area contributed by atoms with Gasteiger partial charge in [-0.3, -0.25) is 0 Å². The topological polar surface area (TPSA) is 97.5 Å². The van der Waals surface area contributed by atoms with Crippen LogP contribution in [0.5, 0.6) is 0 Å². The minimum atomic E-state index is -5.15. The Bertz CT molecular complexity index is 608. The fourth-order valence-electron chi connectivity index (χ4n) is 1.28. The molecule has 1 aromatic carbocycles. The van der Waals surface area contributed by atoms with E-state index in [2.05, 4.69) is 5.14 Å². The minimum Gasteiger partial charge on any atom is -0.478 e. The van der Waals surface area contributed by atoms with Gasteiger partial charge in [0, 0.05) is 0 Å². The van der Waals surface area contributed by atoms with Crippen molar-refractivity contribution >= 4 is 16.0 Å². The molecule has 0 aliphatic heterocycles. The highest BCUT2D eigenvalue weighted by molar-refractivity contribution is 7.89. The molecule has 0 spiro atoms. The summed E-state index contributed by atoms with van der Waals surface area (Å²) in [5.74, 6) is -3.91. The summed E-state index contributed by atoms with van der Waals surface area (Å²) in [6.07, 6.45) is -5.15. The van der Waals surface area contributed by atoms with E-state index in [4.69, 9.17) is 5.11 Å². The number of benzene rings is 1. The highest BCUT2D eigenvalue weighted by Gasteiger charge is 2.39. The summed E-state index contributed by atoms with van der Waals surface area (Å²) in [7, 11) is -4.95. The van der Waals surface area contributed by atoms with Gasteiger partial charge in [-0.15, -0.1) is 0 Å². The molecule has 5 nitrogen and oxygen atoms in total. The molecule has 10 heteroatoms. The Morgan fingerprint density at radius 1 is 1.28 bits per heavy atom. The average Bonchev–Trinajstić information content (AvgIpc) is 2.12. The molecule has 0 atom stereocenters. The zero-order chi connectivity index (χ0) is 14.3. The lowest BCUT2D eigenvalue weighted by molar-refractivity contribution is -0.138. The summed E-state index contributed by atoms with van der Waals surface area (Å²) < 4.78 is 72.6. The largest absolute Gasteiger partial charge is 0.478 e. The van der Waals surface area contributed by atoms with Gasteiger partial charge < -0.3 is 5.11 Å². The van der Waals surface area contributed by atoms with E-state index in [-0.39, 0.29) is 12.1 Å². The van der Waals surface area contributed by atoms with E-state index in [9.17, 15) is 30.8 Å². The van der Waals surface area contributed by atoms with E-state index in [1.807, 2.05) is 0 Å². The second-order valence-corrected chi connectivity index (χ2v) is 4.65. The van der Waals surface area contributed by atoms with Gasteiger partial charge in [-0.1, -0.05) is 0 Å². The van der Waals surface area contributed by atoms with Crippen LogP contribution in [0, 0.1) is 5.82 Å². The number of alkyl halides is 3. The molecule has 0 aliphatic carbocycles. The Morgan fingerprint density at radius 3 is 2.11 bits per heavy atom. The van der Waals surface area contributed by atoms with Gasteiger partial charge in [0.15, 0.2) is 0 Å². The molecule has 3 N–H and O–H groups in total. The lowest BCUT2D eigenvalue weighted by Crippen LogP contribution is -2.23. The smallest absolute Gasteiger partial charge is 0.417 e. The standard InChI is InChI=1S/C8H5F4NO4S/c9-4-2-1-3(8(10,11)12)5(7(14)15)6(4)18(13,16)17/h1-2H,(H,14,15)(H2,13,16,17). The maximum absolute atomic E-state index is 13.2. The third kappa shape index (κ3) is 2.59. The Labute approximate surface area is 97.9 Å². The van der Waals surface area contributed by atoms with E-state index >= 15 is 0 Å². The van der Waals surface area contributed by atoms with Crippen molar-refractivity contribution in [3.8, 4) is 0 Å². The number of sulfonamides is 1. The minimum absolute atomic E-state index is 0.132. The molecule has 0 aliphatic rings. The van der Waals surface area contributed by atoms with Gasteiger partial charge in [0.2, 0.25) is 10.0 Å². The van der Waals surface area contributed by atoms with E-state index in [0.717, 1.165) is 0 Å². The number of nitrogens with two attached hydrogens (primary N) is 1. The average molecular weight is 287 g/mol. The van der Waals surface area contributed by atoms with E-state index in [1.54, 1.807) is 0 Å². The summed E-state index contributed by atoms with van der Waals surface area (Å²) in [5, 5.41) is 13.1. The molecule has 100 valence electrons. The van der Waals surface area contributed by atoms with Crippen LogP contribution in [-0.4, -0.2) is 19.5 Å². The molecule has 18 heavy (non-hydrogen) atoms. The molecule has 0 aromatic heterocycles. The second kappa shape index (κ2) is 4.21. The van der Waals surface area contributed by atoms with Gasteiger partial charge in [0.05, 0.1) is 11.1 Å². The Kier molecular flexibility index (Phi) is 3.36. The molecule has 0 fully saturated rings. The van der Waals surface area contributed by atoms with Crippen molar-refractivity contribution in [3.63, 3.8) is 0 Å². The molecule has 1 rings (SSSR count). The lowest BCUT2D eigenvalue weighted by Gasteiger charge is -2.13. The number of hydrogen-bond acceptors (Lipinski definition) is 3. The number of hydrogen-bond donors (Lipinski definition) is 2. The van der Waals surface area contributed by atoms with Gasteiger partial charge in [-0.05, 0) is 12.1 Å². The molecule has 0 amide bonds. The number of carboxylic acid groups (broad SMARTS) is 1. The van der Waals surface area contributed by atoms with Gasteiger partial charge in [-0.2, -0.15) is 13.2 Å². The molecule has 1 aromatic rings. The van der Waals surface area contributed by atoms with Crippen LogP contribution in [0.25, 0.3) is 0 Å². The zero-order valence-electron chi connectivity index (χ0n) is 8.32. The lowest BCUT2D eigenvalue weighted by atomic mass is 10.1. The maximum Gasteiger partial charge on any atom is 0.417 e. The number of rotatable bonds is 2. The van der Waals surface area contributed by atoms with Crippen molar-refractivity contribution in [2.75, 3.05) is 0 Å². The Morgan fingerprint density at radius 2 is 1.78 bits per heavy atom. The molecular formula is C8H5F4NO4S. The van der Waals surface area contributed by atoms with Crippen molar-refractivity contribution in [1.82, 2.24) is 0 Å². The molecule has 0 saturated carbocycles. The van der Waals surface area contributed by atoms with Crippen LogP contribution >= 0.6 is 0 Å². The molecule has 0 bridgehead atoms. The first-order valence-corrected chi connectivity index (χ1v) is 5.66. The first-order chi connectivity index (χ1) is 7.96. The van der Waals surface area contributed by atoms with Crippen LogP contribution < -0.4 is 5.14 Å². The van der Waals surface area contributed by atoms with E-state index < -0.39 is 44.0 Å². The monoisotopic (exact) mass is 287 g/mol. The normalized spacial score (nSPS) is 12.5. The Balaban J connectivity index is 3.88. The van der Waals surface area contributed by atoms with Crippen molar-refractivity contribution in [3.05, 3.63) is 29.1 Å². The first kappa shape index (κ1) is 14.4. The van der Waals surface area contributed by atoms with Crippen molar-refractivity contribution in [2.45, 2.75) is 11.1 Å². The SMILES string of the molecule is NS(=O)(=O)c1c(F)ccc(C(F)(F)F)c1C(=O)O. The predicted octanol–water partition coefficient (Wildman–Crippen LogP) is 1.19. The quantitative estimate of drug-likeness (QED) is 0.798. The summed E-state index contributed by atoms with van der Waals surface area (Å²) in [6.45, 7) is 0. The van der Waals surface area contributed by atoms with Crippen LogP contribution in [0.1, 0.15) is 15.9 Å². The van der Waals surface area contributed by atoms with Crippen LogP contribution in [0.15, 0.2) is 17.0 Å². The highest BCUT2D eigenvalue weighted by Crippen LogP contribution is 2.35. The van der Waals surface area contributed by atoms with Crippen LogP contribution in [0.4, 0.5) is 17.6 Å². The van der Waals surface area contributed by atoms with Gasteiger partial charge in [0.1, 0.15) is 10.7 Å². The van der Waals surface area contributed by atoms with Crippen LogP contribution in [0.3, 0.4) is 0 Å². The number of carbonyl (C=O) groups is 1. The fourth-order valence-corrected chi connectivity index (χ4v) is 2.11. The predicted molar refractivity (Wildman–Crippen MR) is 49.7 cm³/mol. The van der Waals surface area contributed by atoms with Crippen LogP contribution in [-0.2, 0) is 16.2 Å². The molecule has 0 unspecified atom stereocenters. The van der Waals surface area contributed by atoms with Gasteiger partial charge in [-0.25, -0.2) is 22.7 Å². The van der Waals surface area contributed by atoms with E-state index in [0.29, 0.717) is 0 Å². The van der Waals surface area contributed by atoms with Crippen LogP contribution in [0.2, 0.25) is 0 Å². The molecule has 0 radical (unpaired) electrons. The van der Waals surface area contributed by atoms with Crippen molar-refractivity contribution in [1.29, 1.82) is 0 Å². The van der Waals surface area contributed by atoms with Gasteiger partial charge >= 0.3 is 12.1 Å². The molecule has 0 heterocycles. The summed E-state index contributed by atoms with van der Waals surface area (Å²) in [5.41, 5.74) is -3.52. The number of carboxylic acids is 1. The zero-order valence-corrected chi connectivity index (χ0v) is 9.14. The maximum atomic E-state index is 13.2. The number of halogens is 4. The third-order valence-corrected chi connectivity index (χ3v) is 2.88. The highest BCUT2D eigenvalue weighted by atomic mass is 32.2. The van der Waals surface area contributed by atoms with Crippen molar-refractivity contribution in [2.24, 2.45) is 5.14 Å². The summed E-state index contributed by atoms with van der Waals surface area (Å²) >= 11 is 0. The molecular weight excluding hydrogens is 282 g/mol. The summed E-state index contributed by atoms with van der Waals surface area (Å²) in [4.78, 5) is 9.01. The van der Waals surface area contributed by atoms with Crippen molar-refractivity contribution < 1.29 is 35.9 Å². The molecule has 0 saturated heterocycles. The number of aromatic carboxylic acids is 1. The third-order valence-electron chi connectivity index (χ3n) is 1.91.